The summed E-state index contributed by atoms with van der Waals surface area (Å²) in [6.07, 6.45) is 0. The molecule has 0 unspecified atom stereocenters. The average molecular weight is 327 g/mol. The van der Waals surface area contributed by atoms with Crippen molar-refractivity contribution >= 4 is 34.8 Å². The van der Waals surface area contributed by atoms with Crippen LogP contribution in [0, 0.1) is 5.82 Å². The van der Waals surface area contributed by atoms with Gasteiger partial charge in [0.2, 0.25) is 0 Å². The minimum absolute atomic E-state index is 0.0526. The van der Waals surface area contributed by atoms with Gasteiger partial charge in [0.05, 0.1) is 10.7 Å². The number of nitrogens with one attached hydrogen (secondary N) is 1. The van der Waals surface area contributed by atoms with Crippen LogP contribution in [0.1, 0.15) is 35.8 Å². The van der Waals surface area contributed by atoms with Gasteiger partial charge >= 0.3 is 0 Å². The molecule has 1 amide bonds. The average Bonchev–Trinajstić information content (AvgIpc) is 2.42. The van der Waals surface area contributed by atoms with E-state index in [4.69, 9.17) is 23.2 Å². The van der Waals surface area contributed by atoms with Crippen molar-refractivity contribution in [3.05, 3.63) is 57.6 Å². The van der Waals surface area contributed by atoms with Crippen LogP contribution < -0.4 is 5.32 Å². The van der Waals surface area contributed by atoms with Gasteiger partial charge in [-0.1, -0.05) is 43.1 Å². The van der Waals surface area contributed by atoms with Gasteiger partial charge in [0.15, 0.2) is 0 Å². The fourth-order valence-corrected chi connectivity index (χ4v) is 2.17. The Labute approximate surface area is 132 Å². The monoisotopic (exact) mass is 326 g/mol. The number of aromatic nitrogens is 1. The second kappa shape index (κ2) is 6.41. The van der Waals surface area contributed by atoms with E-state index in [9.17, 15) is 9.18 Å². The number of rotatable bonds is 3. The summed E-state index contributed by atoms with van der Waals surface area (Å²) < 4.78 is 13.7. The second-order valence-electron chi connectivity index (χ2n) is 4.81. The van der Waals surface area contributed by atoms with Crippen LogP contribution in [0.2, 0.25) is 10.2 Å². The number of hydrogen-bond donors (Lipinski definition) is 1. The topological polar surface area (TPSA) is 42.0 Å². The van der Waals surface area contributed by atoms with Gasteiger partial charge in [-0.2, -0.15) is 0 Å². The van der Waals surface area contributed by atoms with Crippen LogP contribution in [-0.2, 0) is 0 Å². The molecule has 110 valence electrons. The number of carbonyl (C=O) groups excluding carboxylic acids is 1. The number of hydrogen-bond acceptors (Lipinski definition) is 2. The number of nitrogens with zero attached hydrogens (tertiary/aromatic N) is 1. The molecule has 0 saturated heterocycles. The Bertz CT molecular complexity index is 669. The second-order valence-corrected chi connectivity index (χ2v) is 5.60. The fourth-order valence-electron chi connectivity index (χ4n) is 1.75. The van der Waals surface area contributed by atoms with Crippen LogP contribution in [0.15, 0.2) is 30.3 Å². The summed E-state index contributed by atoms with van der Waals surface area (Å²) in [5.41, 5.74) is 0.938. The van der Waals surface area contributed by atoms with E-state index >= 15 is 0 Å². The van der Waals surface area contributed by atoms with Crippen molar-refractivity contribution < 1.29 is 9.18 Å². The maximum Gasteiger partial charge on any atom is 0.255 e. The lowest BCUT2D eigenvalue weighted by Gasteiger charge is -2.10. The van der Waals surface area contributed by atoms with Crippen LogP contribution in [0.25, 0.3) is 0 Å². The molecule has 0 aliphatic rings. The molecule has 1 aromatic heterocycles. The lowest BCUT2D eigenvalue weighted by atomic mass is 10.1. The Morgan fingerprint density at radius 1 is 1.29 bits per heavy atom. The molecule has 0 aliphatic heterocycles. The third kappa shape index (κ3) is 3.71. The normalized spacial score (nSPS) is 10.8. The number of amides is 1. The van der Waals surface area contributed by atoms with Crippen LogP contribution in [-0.4, -0.2) is 10.9 Å². The molecule has 21 heavy (non-hydrogen) atoms. The largest absolute Gasteiger partial charge is 0.318 e. The molecule has 6 heteroatoms. The Balaban J connectivity index is 2.33. The SMILES string of the molecule is CC(C)c1cc(C(=O)Nc2c(F)cccc2Cl)cc(Cl)n1. The molecule has 2 rings (SSSR count). The number of anilines is 1. The molecule has 0 aliphatic carbocycles. The number of benzene rings is 1. The van der Waals surface area contributed by atoms with E-state index in [1.54, 1.807) is 6.07 Å². The Morgan fingerprint density at radius 3 is 2.62 bits per heavy atom. The summed E-state index contributed by atoms with van der Waals surface area (Å²) in [5, 5.41) is 2.80. The molecule has 1 heterocycles. The van der Waals surface area contributed by atoms with Gasteiger partial charge < -0.3 is 5.32 Å². The maximum absolute atomic E-state index is 13.7. The van der Waals surface area contributed by atoms with Crippen LogP contribution in [0.4, 0.5) is 10.1 Å². The van der Waals surface area contributed by atoms with Crippen molar-refractivity contribution in [1.82, 2.24) is 4.98 Å². The molecule has 0 fully saturated rings. The molecule has 0 radical (unpaired) electrons. The van der Waals surface area contributed by atoms with E-state index in [0.717, 1.165) is 0 Å². The number of halogens is 3. The van der Waals surface area contributed by atoms with Crippen LogP contribution in [0.3, 0.4) is 0 Å². The maximum atomic E-state index is 13.7. The molecular formula is C15H13Cl2FN2O. The molecule has 1 N–H and O–H groups in total. The Morgan fingerprint density at radius 2 is 2.00 bits per heavy atom. The van der Waals surface area contributed by atoms with Crippen LogP contribution >= 0.6 is 23.2 Å². The zero-order valence-corrected chi connectivity index (χ0v) is 13.0. The van der Waals surface area contributed by atoms with Crippen LogP contribution in [0.5, 0.6) is 0 Å². The zero-order chi connectivity index (χ0) is 15.6. The van der Waals surface area contributed by atoms with Gasteiger partial charge in [-0.3, -0.25) is 4.79 Å². The smallest absolute Gasteiger partial charge is 0.255 e. The first-order chi connectivity index (χ1) is 9.88. The highest BCUT2D eigenvalue weighted by Crippen LogP contribution is 2.26. The van der Waals surface area contributed by atoms with Gasteiger partial charge in [0, 0.05) is 11.3 Å². The predicted octanol–water partition coefficient (Wildman–Crippen LogP) is 4.90. The van der Waals surface area contributed by atoms with E-state index in [0.29, 0.717) is 11.3 Å². The van der Waals surface area contributed by atoms with Crippen molar-refractivity contribution in [2.24, 2.45) is 0 Å². The number of pyridine rings is 1. The van der Waals surface area contributed by atoms with E-state index < -0.39 is 11.7 Å². The van der Waals surface area contributed by atoms with Crippen molar-refractivity contribution in [3.8, 4) is 0 Å². The molecule has 0 saturated carbocycles. The molecule has 0 spiro atoms. The third-order valence-electron chi connectivity index (χ3n) is 2.87. The van der Waals surface area contributed by atoms with Gasteiger partial charge in [-0.15, -0.1) is 0 Å². The summed E-state index contributed by atoms with van der Waals surface area (Å²) in [6.45, 7) is 3.88. The molecule has 2 aromatic rings. The number of para-hydroxylation sites is 1. The molecule has 0 bridgehead atoms. The first kappa shape index (κ1) is 15.7. The lowest BCUT2D eigenvalue weighted by molar-refractivity contribution is 0.102. The minimum Gasteiger partial charge on any atom is -0.318 e. The van der Waals surface area contributed by atoms with Gasteiger partial charge in [0.1, 0.15) is 11.0 Å². The van der Waals surface area contributed by atoms with Gasteiger partial charge in [0.25, 0.3) is 5.91 Å². The quantitative estimate of drug-likeness (QED) is 0.815. The van der Waals surface area contributed by atoms with Gasteiger partial charge in [-0.25, -0.2) is 9.37 Å². The molecule has 3 nitrogen and oxygen atoms in total. The minimum atomic E-state index is -0.597. The third-order valence-corrected chi connectivity index (χ3v) is 3.38. The summed E-state index contributed by atoms with van der Waals surface area (Å²) in [5.74, 6) is -0.972. The number of carbonyl (C=O) groups is 1. The molecular weight excluding hydrogens is 314 g/mol. The standard InChI is InChI=1S/C15H13Cl2FN2O/c1-8(2)12-6-9(7-13(17)19-12)15(21)20-14-10(16)4-3-5-11(14)18/h3-8H,1-2H3,(H,20,21). The van der Waals surface area contributed by atoms with E-state index in [-0.39, 0.29) is 21.8 Å². The van der Waals surface area contributed by atoms with Crippen molar-refractivity contribution in [1.29, 1.82) is 0 Å². The molecule has 1 aromatic carbocycles. The van der Waals surface area contributed by atoms with E-state index in [1.165, 1.54) is 24.3 Å². The first-order valence-electron chi connectivity index (χ1n) is 6.31. The Kier molecular flexibility index (Phi) is 4.80. The summed E-state index contributed by atoms with van der Waals surface area (Å²) in [6, 6.07) is 7.24. The first-order valence-corrected chi connectivity index (χ1v) is 7.07. The predicted molar refractivity (Wildman–Crippen MR) is 82.7 cm³/mol. The summed E-state index contributed by atoms with van der Waals surface area (Å²) in [4.78, 5) is 16.4. The van der Waals surface area contributed by atoms with E-state index in [1.807, 2.05) is 13.8 Å². The van der Waals surface area contributed by atoms with Crippen molar-refractivity contribution in [3.63, 3.8) is 0 Å². The lowest BCUT2D eigenvalue weighted by Crippen LogP contribution is -2.14. The highest BCUT2D eigenvalue weighted by molar-refractivity contribution is 6.34. The highest BCUT2D eigenvalue weighted by Gasteiger charge is 2.15. The van der Waals surface area contributed by atoms with Crippen molar-refractivity contribution in [2.45, 2.75) is 19.8 Å². The van der Waals surface area contributed by atoms with Gasteiger partial charge in [-0.05, 0) is 30.2 Å². The fraction of sp³-hybridized carbons (Fsp3) is 0.200. The van der Waals surface area contributed by atoms with E-state index in [2.05, 4.69) is 10.3 Å². The summed E-state index contributed by atoms with van der Waals surface area (Å²) in [7, 11) is 0. The Hall–Kier alpha value is -1.65. The zero-order valence-electron chi connectivity index (χ0n) is 11.5. The molecule has 0 atom stereocenters. The van der Waals surface area contributed by atoms with Crippen molar-refractivity contribution in [2.75, 3.05) is 5.32 Å². The summed E-state index contributed by atoms with van der Waals surface area (Å²) >= 11 is 11.8. The highest BCUT2D eigenvalue weighted by atomic mass is 35.5.